The molecule has 2 aromatic carbocycles. The number of rotatable bonds is 5. The molecule has 3 amide bonds. The van der Waals surface area contributed by atoms with Gasteiger partial charge < -0.3 is 14.4 Å². The number of hydrogen-bond acceptors (Lipinski definition) is 5. The highest BCUT2D eigenvalue weighted by Crippen LogP contribution is 2.37. The number of carbonyl (C=O) groups excluding carboxylic acids is 3. The minimum atomic E-state index is -0.806. The summed E-state index contributed by atoms with van der Waals surface area (Å²) in [5.41, 5.74) is 1.34. The molecule has 2 heterocycles. The SMILES string of the molecule is O=C1CC(N(Cc2ccc3c(c2)OCO3)C(=O)C2CC2)C(=O)N1c1ccc(Br)cc1. The molecule has 7 nitrogen and oxygen atoms in total. The Kier molecular flexibility index (Phi) is 4.73. The molecule has 1 saturated heterocycles. The largest absolute Gasteiger partial charge is 0.454 e. The number of hydrogen-bond donors (Lipinski definition) is 0. The number of halogens is 1. The Hall–Kier alpha value is -2.87. The second kappa shape index (κ2) is 7.43. The van der Waals surface area contributed by atoms with E-state index in [1.54, 1.807) is 35.2 Å². The average Bonchev–Trinajstić information content (AvgIpc) is 3.41. The van der Waals surface area contributed by atoms with Gasteiger partial charge in [-0.25, -0.2) is 4.90 Å². The van der Waals surface area contributed by atoms with E-state index in [4.69, 9.17) is 9.47 Å². The fourth-order valence-corrected chi connectivity index (χ4v) is 4.13. The first kappa shape index (κ1) is 19.1. The van der Waals surface area contributed by atoms with E-state index in [9.17, 15) is 14.4 Å². The van der Waals surface area contributed by atoms with Gasteiger partial charge in [0.1, 0.15) is 6.04 Å². The second-order valence-electron chi connectivity index (χ2n) is 7.69. The van der Waals surface area contributed by atoms with Crippen LogP contribution in [0.4, 0.5) is 5.69 Å². The first-order valence-electron chi connectivity index (χ1n) is 9.82. The van der Waals surface area contributed by atoms with Crippen LogP contribution in [-0.2, 0) is 20.9 Å². The first-order chi connectivity index (χ1) is 14.5. The highest BCUT2D eigenvalue weighted by atomic mass is 79.9. The zero-order valence-electron chi connectivity index (χ0n) is 16.0. The third-order valence-electron chi connectivity index (χ3n) is 5.58. The van der Waals surface area contributed by atoms with E-state index in [-0.39, 0.29) is 43.4 Å². The molecule has 2 aromatic rings. The van der Waals surface area contributed by atoms with E-state index in [0.29, 0.717) is 17.2 Å². The zero-order chi connectivity index (χ0) is 20.8. The van der Waals surface area contributed by atoms with Crippen LogP contribution in [0.5, 0.6) is 11.5 Å². The third kappa shape index (κ3) is 3.45. The van der Waals surface area contributed by atoms with E-state index in [1.807, 2.05) is 12.1 Å². The minimum Gasteiger partial charge on any atom is -0.454 e. The van der Waals surface area contributed by atoms with Crippen molar-refractivity contribution in [1.29, 1.82) is 0 Å². The number of fused-ring (bicyclic) bond motifs is 1. The molecule has 154 valence electrons. The molecule has 0 aromatic heterocycles. The smallest absolute Gasteiger partial charge is 0.257 e. The summed E-state index contributed by atoms with van der Waals surface area (Å²) < 4.78 is 11.6. The number of benzene rings is 2. The second-order valence-corrected chi connectivity index (χ2v) is 8.61. The van der Waals surface area contributed by atoms with Crippen molar-refractivity contribution in [1.82, 2.24) is 4.90 Å². The molecule has 3 aliphatic rings. The standard InChI is InChI=1S/C22H19BrN2O5/c23-15-4-6-16(7-5-15)25-20(26)10-17(22(25)28)24(21(27)14-2-3-14)11-13-1-8-18-19(9-13)30-12-29-18/h1,4-9,14,17H,2-3,10-12H2. The van der Waals surface area contributed by atoms with Crippen LogP contribution in [0.1, 0.15) is 24.8 Å². The van der Waals surface area contributed by atoms with E-state index in [0.717, 1.165) is 22.9 Å². The van der Waals surface area contributed by atoms with Crippen molar-refractivity contribution in [3.05, 3.63) is 52.5 Å². The number of anilines is 1. The summed E-state index contributed by atoms with van der Waals surface area (Å²) in [7, 11) is 0. The molecule has 0 radical (unpaired) electrons. The van der Waals surface area contributed by atoms with Gasteiger partial charge in [0.2, 0.25) is 18.6 Å². The highest BCUT2D eigenvalue weighted by molar-refractivity contribution is 9.10. The summed E-state index contributed by atoms with van der Waals surface area (Å²) in [6, 6.07) is 11.7. The van der Waals surface area contributed by atoms with Gasteiger partial charge >= 0.3 is 0 Å². The topological polar surface area (TPSA) is 76.1 Å². The van der Waals surface area contributed by atoms with Gasteiger partial charge in [0.25, 0.3) is 5.91 Å². The third-order valence-corrected chi connectivity index (χ3v) is 6.11. The lowest BCUT2D eigenvalue weighted by atomic mass is 10.1. The molecular weight excluding hydrogens is 452 g/mol. The van der Waals surface area contributed by atoms with Crippen LogP contribution >= 0.6 is 15.9 Å². The summed E-state index contributed by atoms with van der Waals surface area (Å²) >= 11 is 3.36. The minimum absolute atomic E-state index is 0.0160. The lowest BCUT2D eigenvalue weighted by Gasteiger charge is -2.28. The van der Waals surface area contributed by atoms with E-state index in [1.165, 1.54) is 4.90 Å². The monoisotopic (exact) mass is 470 g/mol. The van der Waals surface area contributed by atoms with Crippen molar-refractivity contribution >= 4 is 39.3 Å². The highest BCUT2D eigenvalue weighted by Gasteiger charge is 2.46. The Morgan fingerprint density at radius 3 is 2.53 bits per heavy atom. The molecule has 0 bridgehead atoms. The normalized spacial score (nSPS) is 20.0. The van der Waals surface area contributed by atoms with Gasteiger partial charge in [-0.15, -0.1) is 0 Å². The summed E-state index contributed by atoms with van der Waals surface area (Å²) in [4.78, 5) is 41.7. The van der Waals surface area contributed by atoms with Crippen LogP contribution in [0.3, 0.4) is 0 Å². The molecule has 1 unspecified atom stereocenters. The fourth-order valence-electron chi connectivity index (χ4n) is 3.86. The van der Waals surface area contributed by atoms with Crippen molar-refractivity contribution in [3.63, 3.8) is 0 Å². The number of nitrogens with zero attached hydrogens (tertiary/aromatic N) is 2. The molecule has 5 rings (SSSR count). The van der Waals surface area contributed by atoms with Gasteiger partial charge in [-0.2, -0.15) is 0 Å². The Balaban J connectivity index is 1.43. The Morgan fingerprint density at radius 1 is 1.07 bits per heavy atom. The molecule has 30 heavy (non-hydrogen) atoms. The van der Waals surface area contributed by atoms with Crippen molar-refractivity contribution in [3.8, 4) is 11.5 Å². The maximum absolute atomic E-state index is 13.2. The fraction of sp³-hybridized carbons (Fsp3) is 0.318. The molecule has 1 aliphatic carbocycles. The predicted octanol–water partition coefficient (Wildman–Crippen LogP) is 3.25. The first-order valence-corrected chi connectivity index (χ1v) is 10.6. The van der Waals surface area contributed by atoms with Crippen LogP contribution in [-0.4, -0.2) is 35.5 Å². The molecule has 1 atom stereocenters. The van der Waals surface area contributed by atoms with Gasteiger partial charge in [0.15, 0.2) is 11.5 Å². The van der Waals surface area contributed by atoms with E-state index < -0.39 is 6.04 Å². The van der Waals surface area contributed by atoms with Crippen molar-refractivity contribution in [2.75, 3.05) is 11.7 Å². The number of carbonyl (C=O) groups is 3. The lowest BCUT2D eigenvalue weighted by Crippen LogP contribution is -2.45. The van der Waals surface area contributed by atoms with Gasteiger partial charge in [-0.1, -0.05) is 22.0 Å². The van der Waals surface area contributed by atoms with Crippen LogP contribution in [0.15, 0.2) is 46.9 Å². The van der Waals surface area contributed by atoms with Crippen LogP contribution in [0.2, 0.25) is 0 Å². The van der Waals surface area contributed by atoms with E-state index >= 15 is 0 Å². The number of imide groups is 1. The van der Waals surface area contributed by atoms with Gasteiger partial charge in [0.05, 0.1) is 12.1 Å². The van der Waals surface area contributed by atoms with Crippen molar-refractivity contribution in [2.45, 2.75) is 31.8 Å². The summed E-state index contributed by atoms with van der Waals surface area (Å²) in [6.45, 7) is 0.408. The van der Waals surface area contributed by atoms with Gasteiger partial charge in [-0.05, 0) is 54.8 Å². The molecular formula is C22H19BrN2O5. The summed E-state index contributed by atoms with van der Waals surface area (Å²) in [5.74, 6) is 0.479. The lowest BCUT2D eigenvalue weighted by molar-refractivity contribution is -0.140. The van der Waals surface area contributed by atoms with Gasteiger partial charge in [-0.3, -0.25) is 14.4 Å². The molecule has 1 saturated carbocycles. The molecule has 2 aliphatic heterocycles. The van der Waals surface area contributed by atoms with Gasteiger partial charge in [0, 0.05) is 16.9 Å². The number of ether oxygens (including phenoxy) is 2. The van der Waals surface area contributed by atoms with Crippen LogP contribution in [0, 0.1) is 5.92 Å². The quantitative estimate of drug-likeness (QED) is 0.626. The summed E-state index contributed by atoms with van der Waals surface area (Å²) in [5, 5.41) is 0. The van der Waals surface area contributed by atoms with Crippen LogP contribution in [0.25, 0.3) is 0 Å². The predicted molar refractivity (Wildman–Crippen MR) is 111 cm³/mol. The molecule has 8 heteroatoms. The van der Waals surface area contributed by atoms with Crippen molar-refractivity contribution in [2.24, 2.45) is 5.92 Å². The zero-order valence-corrected chi connectivity index (χ0v) is 17.6. The number of amides is 3. The van der Waals surface area contributed by atoms with Crippen LogP contribution < -0.4 is 14.4 Å². The Morgan fingerprint density at radius 2 is 1.80 bits per heavy atom. The summed E-state index contributed by atoms with van der Waals surface area (Å²) in [6.07, 6.45) is 1.63. The van der Waals surface area contributed by atoms with Crippen molar-refractivity contribution < 1.29 is 23.9 Å². The Bertz CT molecular complexity index is 1030. The Labute approximate surface area is 181 Å². The molecule has 0 N–H and O–H groups in total. The molecule has 0 spiro atoms. The average molecular weight is 471 g/mol. The maximum atomic E-state index is 13.2. The maximum Gasteiger partial charge on any atom is 0.257 e. The molecule has 2 fully saturated rings. The van der Waals surface area contributed by atoms with E-state index in [2.05, 4.69) is 15.9 Å².